The van der Waals surface area contributed by atoms with Gasteiger partial charge >= 0.3 is 0 Å². The number of ether oxygens (including phenoxy) is 1. The second-order valence-corrected chi connectivity index (χ2v) is 6.26. The Kier molecular flexibility index (Phi) is 5.55. The lowest BCUT2D eigenvalue weighted by Gasteiger charge is -2.09. The van der Waals surface area contributed by atoms with Crippen molar-refractivity contribution in [1.82, 2.24) is 0 Å². The third kappa shape index (κ3) is 4.39. The van der Waals surface area contributed by atoms with Gasteiger partial charge in [0.25, 0.3) is 0 Å². The van der Waals surface area contributed by atoms with Crippen LogP contribution in [0.1, 0.15) is 32.1 Å². The summed E-state index contributed by atoms with van der Waals surface area (Å²) in [6, 6.07) is 15.0. The van der Waals surface area contributed by atoms with Gasteiger partial charge in [-0.25, -0.2) is 0 Å². The van der Waals surface area contributed by atoms with Gasteiger partial charge in [0.05, 0.1) is 5.02 Å². The average Bonchev–Trinajstić information content (AvgIpc) is 2.81. The molecule has 1 aliphatic rings. The molecule has 0 saturated heterocycles. The smallest absolute Gasteiger partial charge is 0.160 e. The fraction of sp³-hybridized carbons (Fsp3) is 0.250. The van der Waals surface area contributed by atoms with Crippen LogP contribution in [0.25, 0.3) is 0 Å². The lowest BCUT2D eigenvalue weighted by atomic mass is 10.1. The van der Waals surface area contributed by atoms with Crippen LogP contribution in [0.2, 0.25) is 5.02 Å². The molecule has 3 rings (SSSR count). The molecule has 4 heteroatoms. The average molecular weight is 342 g/mol. The fourth-order valence-corrected chi connectivity index (χ4v) is 2.85. The molecule has 1 fully saturated rings. The van der Waals surface area contributed by atoms with E-state index in [0.29, 0.717) is 22.9 Å². The number of allylic oxidation sites excluding steroid dienone is 1. The van der Waals surface area contributed by atoms with Gasteiger partial charge < -0.3 is 10.1 Å². The summed E-state index contributed by atoms with van der Waals surface area (Å²) in [5.41, 5.74) is 1.81. The van der Waals surface area contributed by atoms with Gasteiger partial charge in [-0.1, -0.05) is 30.2 Å². The third-order valence-electron chi connectivity index (χ3n) is 4.04. The molecule has 124 valence electrons. The molecule has 0 amide bonds. The van der Waals surface area contributed by atoms with E-state index < -0.39 is 0 Å². The van der Waals surface area contributed by atoms with E-state index in [1.54, 1.807) is 6.07 Å². The van der Waals surface area contributed by atoms with Gasteiger partial charge in [-0.15, -0.1) is 0 Å². The van der Waals surface area contributed by atoms with E-state index in [1.165, 1.54) is 0 Å². The summed E-state index contributed by atoms with van der Waals surface area (Å²) in [6.07, 6.45) is 6.60. The lowest BCUT2D eigenvalue weighted by molar-refractivity contribution is -0.115. The molecule has 1 aliphatic carbocycles. The zero-order chi connectivity index (χ0) is 16.8. The highest BCUT2D eigenvalue weighted by Gasteiger charge is 2.12. The Labute approximate surface area is 147 Å². The van der Waals surface area contributed by atoms with E-state index in [0.717, 1.165) is 36.9 Å². The van der Waals surface area contributed by atoms with E-state index in [1.807, 2.05) is 48.7 Å². The van der Waals surface area contributed by atoms with E-state index in [9.17, 15) is 4.79 Å². The monoisotopic (exact) mass is 341 g/mol. The molecule has 24 heavy (non-hydrogen) atoms. The van der Waals surface area contributed by atoms with E-state index in [2.05, 4.69) is 5.32 Å². The largest absolute Gasteiger partial charge is 0.456 e. The van der Waals surface area contributed by atoms with Crippen molar-refractivity contribution in [2.24, 2.45) is 0 Å². The molecule has 0 aromatic heterocycles. The van der Waals surface area contributed by atoms with Gasteiger partial charge in [-0.3, -0.25) is 4.79 Å². The highest BCUT2D eigenvalue weighted by atomic mass is 35.5. The summed E-state index contributed by atoms with van der Waals surface area (Å²) >= 11 is 6.09. The highest BCUT2D eigenvalue weighted by Crippen LogP contribution is 2.29. The predicted molar refractivity (Wildman–Crippen MR) is 97.8 cm³/mol. The number of carbonyl (C=O) groups is 1. The number of para-hydroxylation sites is 1. The Morgan fingerprint density at radius 2 is 1.71 bits per heavy atom. The number of anilines is 1. The van der Waals surface area contributed by atoms with Crippen LogP contribution in [-0.4, -0.2) is 5.78 Å². The maximum Gasteiger partial charge on any atom is 0.160 e. The van der Waals surface area contributed by atoms with Crippen molar-refractivity contribution in [2.75, 3.05) is 5.32 Å². The van der Waals surface area contributed by atoms with Crippen LogP contribution in [0.4, 0.5) is 5.69 Å². The highest BCUT2D eigenvalue weighted by molar-refractivity contribution is 6.32. The standard InChI is InChI=1S/C20H20ClNO2/c21-18-7-4-5-9-20(18)24-17-12-10-16(11-13-17)22-14-15-6-2-1-3-8-19(15)23/h4-5,7,9-14,22H,1-3,6,8H2/b15-14+. The topological polar surface area (TPSA) is 38.3 Å². The van der Waals surface area contributed by atoms with E-state index >= 15 is 0 Å². The summed E-state index contributed by atoms with van der Waals surface area (Å²) in [7, 11) is 0. The van der Waals surface area contributed by atoms with Crippen molar-refractivity contribution < 1.29 is 9.53 Å². The Morgan fingerprint density at radius 3 is 2.50 bits per heavy atom. The Morgan fingerprint density at radius 1 is 0.958 bits per heavy atom. The van der Waals surface area contributed by atoms with Crippen molar-refractivity contribution in [3.63, 3.8) is 0 Å². The van der Waals surface area contributed by atoms with Crippen LogP contribution in [-0.2, 0) is 4.79 Å². The molecule has 0 atom stereocenters. The summed E-state index contributed by atoms with van der Waals surface area (Å²) in [5.74, 6) is 1.61. The number of benzene rings is 2. The molecule has 1 N–H and O–H groups in total. The number of ketones is 1. The Bertz CT molecular complexity index is 738. The molecule has 3 nitrogen and oxygen atoms in total. The number of carbonyl (C=O) groups excluding carboxylic acids is 1. The number of rotatable bonds is 4. The second kappa shape index (κ2) is 8.02. The normalized spacial score (nSPS) is 16.7. The Hall–Kier alpha value is -2.26. The molecular weight excluding hydrogens is 322 g/mol. The summed E-state index contributed by atoms with van der Waals surface area (Å²) in [6.45, 7) is 0. The first-order valence-electron chi connectivity index (χ1n) is 8.23. The molecule has 0 radical (unpaired) electrons. The minimum Gasteiger partial charge on any atom is -0.456 e. The number of hydrogen-bond donors (Lipinski definition) is 1. The molecular formula is C20H20ClNO2. The van der Waals surface area contributed by atoms with Crippen molar-refractivity contribution in [2.45, 2.75) is 32.1 Å². The first-order valence-corrected chi connectivity index (χ1v) is 8.61. The maximum absolute atomic E-state index is 12.0. The van der Waals surface area contributed by atoms with E-state index in [-0.39, 0.29) is 5.78 Å². The summed E-state index contributed by atoms with van der Waals surface area (Å²) in [4.78, 5) is 12.0. The minimum atomic E-state index is 0.263. The maximum atomic E-state index is 12.0. The number of Topliss-reactive ketones (excluding diaryl/α,β-unsaturated/α-hetero) is 1. The van der Waals surface area contributed by atoms with Crippen LogP contribution in [0, 0.1) is 0 Å². The molecule has 1 saturated carbocycles. The lowest BCUT2D eigenvalue weighted by Crippen LogP contribution is -2.02. The molecule has 2 aromatic carbocycles. The quantitative estimate of drug-likeness (QED) is 0.550. The van der Waals surface area contributed by atoms with Crippen LogP contribution in [0.15, 0.2) is 60.3 Å². The van der Waals surface area contributed by atoms with Crippen molar-refractivity contribution in [3.8, 4) is 11.5 Å². The molecule has 2 aromatic rings. The van der Waals surface area contributed by atoms with Gasteiger partial charge in [0, 0.05) is 23.9 Å². The summed E-state index contributed by atoms with van der Waals surface area (Å²) < 4.78 is 5.76. The van der Waals surface area contributed by atoms with Gasteiger partial charge in [-0.05, 0) is 55.7 Å². The second-order valence-electron chi connectivity index (χ2n) is 5.85. The number of halogens is 1. The van der Waals surface area contributed by atoms with Gasteiger partial charge in [-0.2, -0.15) is 0 Å². The number of nitrogens with one attached hydrogen (secondary N) is 1. The molecule has 0 spiro atoms. The zero-order valence-corrected chi connectivity index (χ0v) is 14.2. The molecule has 0 heterocycles. The van der Waals surface area contributed by atoms with Gasteiger partial charge in [0.2, 0.25) is 0 Å². The first kappa shape index (κ1) is 16.6. The fourth-order valence-electron chi connectivity index (χ4n) is 2.67. The van der Waals surface area contributed by atoms with Gasteiger partial charge in [0.1, 0.15) is 11.5 Å². The van der Waals surface area contributed by atoms with Crippen molar-refractivity contribution >= 4 is 23.1 Å². The minimum absolute atomic E-state index is 0.263. The zero-order valence-electron chi connectivity index (χ0n) is 13.4. The molecule has 0 bridgehead atoms. The van der Waals surface area contributed by atoms with Crippen molar-refractivity contribution in [1.29, 1.82) is 0 Å². The van der Waals surface area contributed by atoms with Crippen LogP contribution in [0.3, 0.4) is 0 Å². The Balaban J connectivity index is 1.64. The predicted octanol–water partition coefficient (Wildman–Crippen LogP) is 5.96. The summed E-state index contributed by atoms with van der Waals surface area (Å²) in [5, 5.41) is 3.79. The van der Waals surface area contributed by atoms with Crippen LogP contribution >= 0.6 is 11.6 Å². The first-order chi connectivity index (χ1) is 11.7. The van der Waals surface area contributed by atoms with Crippen LogP contribution < -0.4 is 10.1 Å². The van der Waals surface area contributed by atoms with Gasteiger partial charge in [0.15, 0.2) is 5.78 Å². The molecule has 0 unspecified atom stereocenters. The SMILES string of the molecule is O=C1CCCCC/C1=C\Nc1ccc(Oc2ccccc2Cl)cc1. The van der Waals surface area contributed by atoms with E-state index in [4.69, 9.17) is 16.3 Å². The van der Waals surface area contributed by atoms with Crippen molar-refractivity contribution in [3.05, 3.63) is 65.3 Å². The van der Waals surface area contributed by atoms with Crippen LogP contribution in [0.5, 0.6) is 11.5 Å². The third-order valence-corrected chi connectivity index (χ3v) is 4.35. The molecule has 0 aliphatic heterocycles. The number of hydrogen-bond acceptors (Lipinski definition) is 3.